The van der Waals surface area contributed by atoms with Gasteiger partial charge in [0.05, 0.1) is 39.1 Å². The van der Waals surface area contributed by atoms with Gasteiger partial charge in [0.25, 0.3) is 0 Å². The number of hydrogen-bond acceptors (Lipinski definition) is 7. The first-order chi connectivity index (χ1) is 22.6. The topological polar surface area (TPSA) is 75.7 Å². The van der Waals surface area contributed by atoms with E-state index in [1.165, 1.54) is 5.56 Å². The first kappa shape index (κ1) is 39.6. The summed E-state index contributed by atoms with van der Waals surface area (Å²) in [6, 6.07) is 16.3. The van der Waals surface area contributed by atoms with E-state index < -0.39 is 11.3 Å². The number of amides is 1. The van der Waals surface area contributed by atoms with Crippen LogP contribution in [-0.4, -0.2) is 68.5 Å². The lowest BCUT2D eigenvalue weighted by Gasteiger charge is -2.37. The van der Waals surface area contributed by atoms with E-state index in [1.54, 1.807) is 14.2 Å². The molecule has 1 saturated heterocycles. The maximum atomic E-state index is 13.9. The van der Waals surface area contributed by atoms with Crippen molar-refractivity contribution in [2.24, 2.45) is 23.7 Å². The van der Waals surface area contributed by atoms with Gasteiger partial charge >= 0.3 is 6.09 Å². The van der Waals surface area contributed by atoms with E-state index in [1.807, 2.05) is 63.8 Å². The highest BCUT2D eigenvalue weighted by atomic mass is 16.6. The van der Waals surface area contributed by atoms with Crippen molar-refractivity contribution in [2.75, 3.05) is 34.0 Å². The molecule has 1 fully saturated rings. The lowest BCUT2D eigenvalue weighted by Crippen LogP contribution is -2.51. The Morgan fingerprint density at radius 3 is 2.19 bits per heavy atom. The molecule has 1 aliphatic rings. The van der Waals surface area contributed by atoms with Crippen LogP contribution in [0.25, 0.3) is 0 Å². The van der Waals surface area contributed by atoms with E-state index in [0.29, 0.717) is 44.0 Å². The molecule has 1 amide bonds. The lowest BCUT2D eigenvalue weighted by atomic mass is 9.80. The molecule has 0 bridgehead atoms. The van der Waals surface area contributed by atoms with Gasteiger partial charge in [-0.25, -0.2) is 4.79 Å². The Kier molecular flexibility index (Phi) is 15.1. The fraction of sp³-hybridized carbons (Fsp3) is 0.675. The Balaban J connectivity index is 1.88. The summed E-state index contributed by atoms with van der Waals surface area (Å²) in [6.07, 6.45) is 2.68. The molecule has 0 saturated carbocycles. The zero-order chi connectivity index (χ0) is 35.5. The van der Waals surface area contributed by atoms with Crippen LogP contribution >= 0.6 is 0 Å². The monoisotopic (exact) mass is 669 g/mol. The number of rotatable bonds is 18. The average molecular weight is 670 g/mol. The molecule has 2 aromatic rings. The largest absolute Gasteiger partial charge is 0.493 e. The molecular formula is C40H63NO7. The van der Waals surface area contributed by atoms with E-state index in [2.05, 4.69) is 52.0 Å². The quantitative estimate of drug-likeness (QED) is 0.147. The molecule has 8 nitrogen and oxygen atoms in total. The zero-order valence-electron chi connectivity index (χ0n) is 31.5. The molecule has 2 aromatic carbocycles. The molecule has 0 aromatic heterocycles. The Hall–Kier alpha value is -2.81. The molecule has 48 heavy (non-hydrogen) atoms. The first-order valence-corrected chi connectivity index (χ1v) is 17.8. The molecule has 4 atom stereocenters. The van der Waals surface area contributed by atoms with Gasteiger partial charge in [-0.05, 0) is 101 Å². The molecule has 3 rings (SSSR count). The number of benzene rings is 2. The van der Waals surface area contributed by atoms with E-state index in [9.17, 15) is 4.79 Å². The molecule has 0 N–H and O–H groups in total. The van der Waals surface area contributed by atoms with Crippen LogP contribution in [0.5, 0.6) is 11.5 Å². The number of hydrogen-bond donors (Lipinski definition) is 0. The smallest absolute Gasteiger partial charge is 0.412 e. The van der Waals surface area contributed by atoms with Crippen molar-refractivity contribution in [3.63, 3.8) is 0 Å². The fourth-order valence-electron chi connectivity index (χ4n) is 6.48. The molecule has 0 spiro atoms. The van der Waals surface area contributed by atoms with Crippen molar-refractivity contribution >= 4 is 6.09 Å². The number of carbonyl (C=O) groups excluding carboxylic acids is 1. The maximum Gasteiger partial charge on any atom is 0.412 e. The first-order valence-electron chi connectivity index (χ1n) is 17.8. The van der Waals surface area contributed by atoms with Crippen LogP contribution in [-0.2, 0) is 32.0 Å². The normalized spacial score (nSPS) is 19.1. The minimum atomic E-state index is -0.824. The minimum absolute atomic E-state index is 0.166. The number of carbonyl (C=O) groups is 1. The van der Waals surface area contributed by atoms with Gasteiger partial charge in [0.1, 0.15) is 11.3 Å². The Morgan fingerprint density at radius 1 is 0.896 bits per heavy atom. The molecular weight excluding hydrogens is 606 g/mol. The van der Waals surface area contributed by atoms with E-state index in [0.717, 1.165) is 37.0 Å². The van der Waals surface area contributed by atoms with Crippen LogP contribution in [0.1, 0.15) is 92.7 Å². The zero-order valence-corrected chi connectivity index (χ0v) is 31.5. The Labute approximate surface area is 290 Å². The number of methoxy groups -OCH3 is 2. The number of nitrogens with zero attached hydrogens (tertiary/aromatic N) is 1. The highest BCUT2D eigenvalue weighted by Gasteiger charge is 2.52. The second-order valence-electron chi connectivity index (χ2n) is 15.4. The van der Waals surface area contributed by atoms with Crippen LogP contribution in [0.2, 0.25) is 0 Å². The molecule has 0 aliphatic carbocycles. The van der Waals surface area contributed by atoms with E-state index >= 15 is 0 Å². The third-order valence-electron chi connectivity index (χ3n) is 9.26. The summed E-state index contributed by atoms with van der Waals surface area (Å²) in [4.78, 5) is 15.8. The van der Waals surface area contributed by atoms with Crippen molar-refractivity contribution in [1.82, 2.24) is 4.90 Å². The predicted molar refractivity (Wildman–Crippen MR) is 191 cm³/mol. The van der Waals surface area contributed by atoms with Crippen molar-refractivity contribution in [2.45, 2.75) is 118 Å². The van der Waals surface area contributed by atoms with Gasteiger partial charge in [-0.1, -0.05) is 64.1 Å². The van der Waals surface area contributed by atoms with Gasteiger partial charge in [0, 0.05) is 20.1 Å². The van der Waals surface area contributed by atoms with Crippen molar-refractivity contribution < 1.29 is 33.2 Å². The molecule has 1 heterocycles. The summed E-state index contributed by atoms with van der Waals surface area (Å²) in [7, 11) is 3.36. The predicted octanol–water partition coefficient (Wildman–Crippen LogP) is 8.94. The van der Waals surface area contributed by atoms with Crippen LogP contribution < -0.4 is 9.47 Å². The SMILES string of the molecule is COCCCOc1cc(C[C@@H](C[C@H]2[C@H](C[C@H](COCc3ccccc3)C(C)C)OC(C)(C)N2C(=O)OC(C)(C)C)C(C)C)ccc1OC. The lowest BCUT2D eigenvalue weighted by molar-refractivity contribution is -0.0853. The van der Waals surface area contributed by atoms with Crippen molar-refractivity contribution in [3.8, 4) is 11.5 Å². The van der Waals surface area contributed by atoms with Gasteiger partial charge < -0.3 is 28.4 Å². The summed E-state index contributed by atoms with van der Waals surface area (Å²) in [5.74, 6) is 2.72. The molecule has 270 valence electrons. The second-order valence-corrected chi connectivity index (χ2v) is 15.4. The third-order valence-corrected chi connectivity index (χ3v) is 9.26. The Morgan fingerprint density at radius 2 is 1.58 bits per heavy atom. The highest BCUT2D eigenvalue weighted by Crippen LogP contribution is 2.42. The van der Waals surface area contributed by atoms with Crippen LogP contribution in [0.15, 0.2) is 48.5 Å². The average Bonchev–Trinajstić information content (AvgIpc) is 3.26. The summed E-state index contributed by atoms with van der Waals surface area (Å²) in [5, 5.41) is 0. The summed E-state index contributed by atoms with van der Waals surface area (Å²) in [5.41, 5.74) is 0.884. The maximum absolute atomic E-state index is 13.9. The highest BCUT2D eigenvalue weighted by molar-refractivity contribution is 5.70. The van der Waals surface area contributed by atoms with Gasteiger partial charge in [-0.3, -0.25) is 4.90 Å². The molecule has 0 radical (unpaired) electrons. The second kappa shape index (κ2) is 18.3. The van der Waals surface area contributed by atoms with Gasteiger partial charge in [0.2, 0.25) is 0 Å². The Bertz CT molecular complexity index is 1240. The standard InChI is InChI=1S/C40H63NO7/c1-28(2)32(22-31-18-19-35(44-11)37(23-31)46-21-15-20-43-10)24-34-36(47-40(8,9)41(34)38(42)48-39(5,6)7)25-33(29(3)4)27-45-26-30-16-13-12-14-17-30/h12-14,16-19,23,28-29,32-34,36H,15,20-22,24-27H2,1-11H3/t32-,33+,34-,36-/m0/s1. The summed E-state index contributed by atoms with van der Waals surface area (Å²) < 4.78 is 36.0. The summed E-state index contributed by atoms with van der Waals surface area (Å²) in [6.45, 7) is 21.1. The minimum Gasteiger partial charge on any atom is -0.493 e. The third kappa shape index (κ3) is 12.0. The van der Waals surface area contributed by atoms with E-state index in [-0.39, 0.29) is 30.1 Å². The van der Waals surface area contributed by atoms with Crippen LogP contribution in [0, 0.1) is 23.7 Å². The van der Waals surface area contributed by atoms with Crippen molar-refractivity contribution in [1.29, 1.82) is 0 Å². The molecule has 0 unspecified atom stereocenters. The van der Waals surface area contributed by atoms with Crippen LogP contribution in [0.4, 0.5) is 4.79 Å². The van der Waals surface area contributed by atoms with Gasteiger partial charge in [0.15, 0.2) is 11.5 Å². The number of ether oxygens (including phenoxy) is 6. The summed E-state index contributed by atoms with van der Waals surface area (Å²) >= 11 is 0. The molecule has 8 heteroatoms. The van der Waals surface area contributed by atoms with Gasteiger partial charge in [-0.15, -0.1) is 0 Å². The van der Waals surface area contributed by atoms with Crippen LogP contribution in [0.3, 0.4) is 0 Å². The van der Waals surface area contributed by atoms with Gasteiger partial charge in [-0.2, -0.15) is 0 Å². The van der Waals surface area contributed by atoms with Crippen molar-refractivity contribution in [3.05, 3.63) is 59.7 Å². The molecule has 1 aliphatic heterocycles. The fourth-order valence-corrected chi connectivity index (χ4v) is 6.48. The van der Waals surface area contributed by atoms with E-state index in [4.69, 9.17) is 28.4 Å².